The second kappa shape index (κ2) is 7.84. The van der Waals surface area contributed by atoms with E-state index in [1.54, 1.807) is 4.90 Å². The molecular weight excluding hydrogens is 394 g/mol. The fraction of sp³-hybridized carbons (Fsp3) is 0.160. The van der Waals surface area contributed by atoms with Crippen LogP contribution in [0.3, 0.4) is 0 Å². The van der Waals surface area contributed by atoms with E-state index in [0.29, 0.717) is 19.8 Å². The zero-order valence-corrected chi connectivity index (χ0v) is 17.4. The summed E-state index contributed by atoms with van der Waals surface area (Å²) in [5.41, 5.74) is 2.17. The molecule has 1 aliphatic heterocycles. The van der Waals surface area contributed by atoms with E-state index in [-0.39, 0.29) is 5.91 Å². The lowest BCUT2D eigenvalue weighted by Gasteiger charge is -2.18. The van der Waals surface area contributed by atoms with Crippen LogP contribution in [0.5, 0.6) is 11.5 Å². The van der Waals surface area contributed by atoms with Gasteiger partial charge in [0.05, 0.1) is 4.88 Å². The molecule has 0 atom stereocenters. The first-order valence-electron chi connectivity index (χ1n) is 9.91. The normalized spacial score (nSPS) is 12.7. The maximum absolute atomic E-state index is 13.1. The number of ether oxygens (including phenoxy) is 2. The second-order valence-electron chi connectivity index (χ2n) is 7.32. The molecular formula is C25H21NO3S. The van der Waals surface area contributed by atoms with Gasteiger partial charge in [-0.15, -0.1) is 11.3 Å². The highest BCUT2D eigenvalue weighted by atomic mass is 32.1. The number of hydrogen-bond donors (Lipinski definition) is 0. The van der Waals surface area contributed by atoms with Gasteiger partial charge in [0.2, 0.25) is 0 Å². The molecule has 150 valence electrons. The molecule has 4 nitrogen and oxygen atoms in total. The Morgan fingerprint density at radius 3 is 2.63 bits per heavy atom. The number of hydrogen-bond acceptors (Lipinski definition) is 4. The van der Waals surface area contributed by atoms with Gasteiger partial charge in [-0.1, -0.05) is 42.5 Å². The standard InChI is InChI=1S/C25H21NO3S/c1-26(16-19-7-4-6-17-5-2-3-8-20(17)19)25(27)24-12-11-23(30-24)18-9-10-21-22(15-18)29-14-13-28-21/h2-12,15H,13-14,16H2,1H3. The van der Waals surface area contributed by atoms with Crippen LogP contribution >= 0.6 is 11.3 Å². The summed E-state index contributed by atoms with van der Waals surface area (Å²) in [4.78, 5) is 16.6. The molecule has 0 fully saturated rings. The largest absolute Gasteiger partial charge is 0.486 e. The van der Waals surface area contributed by atoms with Gasteiger partial charge < -0.3 is 14.4 Å². The van der Waals surface area contributed by atoms with Crippen LogP contribution in [0.2, 0.25) is 0 Å². The Morgan fingerprint density at radius 1 is 0.933 bits per heavy atom. The lowest BCUT2D eigenvalue weighted by molar-refractivity contribution is 0.0790. The van der Waals surface area contributed by atoms with Crippen LogP contribution in [0.4, 0.5) is 0 Å². The van der Waals surface area contributed by atoms with Crippen LogP contribution in [0.25, 0.3) is 21.2 Å². The fourth-order valence-corrected chi connectivity index (χ4v) is 4.75. The van der Waals surface area contributed by atoms with Crippen molar-refractivity contribution in [2.24, 2.45) is 0 Å². The van der Waals surface area contributed by atoms with Gasteiger partial charge in [0.15, 0.2) is 11.5 Å². The molecule has 4 aromatic rings. The van der Waals surface area contributed by atoms with E-state index in [4.69, 9.17) is 9.47 Å². The molecule has 0 saturated heterocycles. The third kappa shape index (κ3) is 3.53. The Balaban J connectivity index is 1.36. The highest BCUT2D eigenvalue weighted by Crippen LogP contribution is 2.37. The summed E-state index contributed by atoms with van der Waals surface area (Å²) in [7, 11) is 1.85. The van der Waals surface area contributed by atoms with E-state index in [9.17, 15) is 4.79 Å². The Bertz CT molecular complexity index is 1220. The minimum absolute atomic E-state index is 0.0247. The minimum Gasteiger partial charge on any atom is -0.486 e. The summed E-state index contributed by atoms with van der Waals surface area (Å²) < 4.78 is 11.3. The summed E-state index contributed by atoms with van der Waals surface area (Å²) in [5.74, 6) is 1.55. The summed E-state index contributed by atoms with van der Waals surface area (Å²) in [5, 5.41) is 2.37. The van der Waals surface area contributed by atoms with E-state index < -0.39 is 0 Å². The van der Waals surface area contributed by atoms with E-state index in [0.717, 1.165) is 32.4 Å². The van der Waals surface area contributed by atoms with Crippen molar-refractivity contribution < 1.29 is 14.3 Å². The maximum Gasteiger partial charge on any atom is 0.263 e. The topological polar surface area (TPSA) is 38.8 Å². The number of amides is 1. The van der Waals surface area contributed by atoms with Crippen LogP contribution in [0.15, 0.2) is 72.8 Å². The van der Waals surface area contributed by atoms with Crippen molar-refractivity contribution in [1.82, 2.24) is 4.90 Å². The van der Waals surface area contributed by atoms with Crippen molar-refractivity contribution >= 4 is 28.0 Å². The van der Waals surface area contributed by atoms with Crippen molar-refractivity contribution in [3.8, 4) is 21.9 Å². The maximum atomic E-state index is 13.1. The van der Waals surface area contributed by atoms with Gasteiger partial charge in [0.25, 0.3) is 5.91 Å². The number of fused-ring (bicyclic) bond motifs is 2. The van der Waals surface area contributed by atoms with Gasteiger partial charge in [0.1, 0.15) is 13.2 Å². The zero-order chi connectivity index (χ0) is 20.5. The molecule has 0 aliphatic carbocycles. The molecule has 0 bridgehead atoms. The molecule has 1 aliphatic rings. The average molecular weight is 416 g/mol. The lowest BCUT2D eigenvalue weighted by Crippen LogP contribution is -2.25. The lowest BCUT2D eigenvalue weighted by atomic mass is 10.0. The smallest absolute Gasteiger partial charge is 0.263 e. The minimum atomic E-state index is 0.0247. The molecule has 0 spiro atoms. The van der Waals surface area contributed by atoms with Gasteiger partial charge in [-0.25, -0.2) is 0 Å². The van der Waals surface area contributed by atoms with Crippen molar-refractivity contribution in [2.75, 3.05) is 20.3 Å². The molecule has 30 heavy (non-hydrogen) atoms. The Kier molecular flexibility index (Phi) is 4.89. The van der Waals surface area contributed by atoms with Crippen molar-refractivity contribution in [1.29, 1.82) is 0 Å². The molecule has 0 saturated carbocycles. The number of carbonyl (C=O) groups excluding carboxylic acids is 1. The summed E-state index contributed by atoms with van der Waals surface area (Å²) in [6.45, 7) is 1.70. The average Bonchev–Trinajstić information content (AvgIpc) is 3.29. The van der Waals surface area contributed by atoms with Gasteiger partial charge in [0, 0.05) is 18.5 Å². The molecule has 1 aromatic heterocycles. The van der Waals surface area contributed by atoms with Crippen molar-refractivity contribution in [3.63, 3.8) is 0 Å². The number of carbonyl (C=O) groups is 1. The third-order valence-electron chi connectivity index (χ3n) is 5.28. The molecule has 5 rings (SSSR count). The summed E-state index contributed by atoms with van der Waals surface area (Å²) in [6.07, 6.45) is 0. The van der Waals surface area contributed by atoms with Crippen LogP contribution in [0, 0.1) is 0 Å². The Labute approximate surface area is 179 Å². The molecule has 1 amide bonds. The quantitative estimate of drug-likeness (QED) is 0.435. The van der Waals surface area contributed by atoms with E-state index in [2.05, 4.69) is 24.3 Å². The predicted molar refractivity (Wildman–Crippen MR) is 120 cm³/mol. The van der Waals surface area contributed by atoms with E-state index in [1.165, 1.54) is 22.1 Å². The fourth-order valence-electron chi connectivity index (χ4n) is 3.75. The molecule has 2 heterocycles. The molecule has 3 aromatic carbocycles. The van der Waals surface area contributed by atoms with Crippen molar-refractivity contribution in [3.05, 3.63) is 83.2 Å². The second-order valence-corrected chi connectivity index (χ2v) is 8.41. The first-order valence-corrected chi connectivity index (χ1v) is 10.7. The highest BCUT2D eigenvalue weighted by molar-refractivity contribution is 7.17. The molecule has 5 heteroatoms. The van der Waals surface area contributed by atoms with Gasteiger partial charge in [-0.3, -0.25) is 4.79 Å². The summed E-state index contributed by atoms with van der Waals surface area (Å²) in [6, 6.07) is 24.3. The SMILES string of the molecule is CN(Cc1cccc2ccccc12)C(=O)c1ccc(-c2ccc3c(c2)OCCO3)s1. The van der Waals surface area contributed by atoms with Crippen LogP contribution in [-0.4, -0.2) is 31.1 Å². The monoisotopic (exact) mass is 415 g/mol. The first kappa shape index (κ1) is 18.7. The van der Waals surface area contributed by atoms with E-state index >= 15 is 0 Å². The number of benzene rings is 3. The molecule has 0 N–H and O–H groups in total. The Hall–Kier alpha value is -3.31. The van der Waals surface area contributed by atoms with Crippen LogP contribution in [0.1, 0.15) is 15.2 Å². The number of thiophene rings is 1. The number of rotatable bonds is 4. The van der Waals surface area contributed by atoms with Gasteiger partial charge in [-0.05, 0) is 52.2 Å². The Morgan fingerprint density at radius 2 is 1.73 bits per heavy atom. The first-order chi connectivity index (χ1) is 14.7. The molecule has 0 unspecified atom stereocenters. The molecule has 0 radical (unpaired) electrons. The summed E-state index contributed by atoms with van der Waals surface area (Å²) >= 11 is 1.50. The van der Waals surface area contributed by atoms with Crippen molar-refractivity contribution in [2.45, 2.75) is 6.54 Å². The van der Waals surface area contributed by atoms with Gasteiger partial charge in [-0.2, -0.15) is 0 Å². The predicted octanol–water partition coefficient (Wildman–Crippen LogP) is 5.61. The number of nitrogens with zero attached hydrogens (tertiary/aromatic N) is 1. The van der Waals surface area contributed by atoms with Crippen LogP contribution < -0.4 is 9.47 Å². The third-order valence-corrected chi connectivity index (χ3v) is 6.40. The van der Waals surface area contributed by atoms with Crippen LogP contribution in [-0.2, 0) is 6.54 Å². The zero-order valence-electron chi connectivity index (χ0n) is 16.6. The van der Waals surface area contributed by atoms with Gasteiger partial charge >= 0.3 is 0 Å². The highest BCUT2D eigenvalue weighted by Gasteiger charge is 2.18. The van der Waals surface area contributed by atoms with E-state index in [1.807, 2.05) is 55.6 Å².